The van der Waals surface area contributed by atoms with Gasteiger partial charge in [0, 0.05) is 24.1 Å². The maximum absolute atomic E-state index is 11.9. The van der Waals surface area contributed by atoms with Gasteiger partial charge in [-0.05, 0) is 0 Å². The predicted molar refractivity (Wildman–Crippen MR) is 80.4 cm³/mol. The topological polar surface area (TPSA) is 63.3 Å². The molecule has 1 N–H and O–H groups in total. The molecule has 0 radical (unpaired) electrons. The van der Waals surface area contributed by atoms with Crippen molar-refractivity contribution in [1.29, 1.82) is 0 Å². The van der Waals surface area contributed by atoms with Gasteiger partial charge in [0.15, 0.2) is 5.58 Å². The first kappa shape index (κ1) is 12.0. The van der Waals surface area contributed by atoms with E-state index < -0.39 is 0 Å². The first-order valence-electron chi connectivity index (χ1n) is 6.86. The Morgan fingerprint density at radius 3 is 2.76 bits per heavy atom. The summed E-state index contributed by atoms with van der Waals surface area (Å²) in [6.07, 6.45) is 0.725. The summed E-state index contributed by atoms with van der Waals surface area (Å²) < 4.78 is 7.76. The second-order valence-electron chi connectivity index (χ2n) is 4.91. The highest BCUT2D eigenvalue weighted by Gasteiger charge is 2.15. The summed E-state index contributed by atoms with van der Waals surface area (Å²) in [5.74, 6) is 1.59. The van der Waals surface area contributed by atoms with Crippen LogP contribution < -0.4 is 5.56 Å². The molecule has 0 bridgehead atoms. The second kappa shape index (κ2) is 4.34. The Bertz CT molecular complexity index is 993. The Labute approximate surface area is 119 Å². The average molecular weight is 279 g/mol. The van der Waals surface area contributed by atoms with E-state index in [1.54, 1.807) is 6.07 Å². The van der Waals surface area contributed by atoms with Crippen LogP contribution >= 0.6 is 0 Å². The van der Waals surface area contributed by atoms with Crippen LogP contribution in [0.2, 0.25) is 0 Å². The van der Waals surface area contributed by atoms with Crippen LogP contribution in [0.1, 0.15) is 12.7 Å². The normalized spacial score (nSPS) is 11.5. The van der Waals surface area contributed by atoms with E-state index in [9.17, 15) is 4.79 Å². The van der Waals surface area contributed by atoms with Crippen molar-refractivity contribution in [3.8, 4) is 11.3 Å². The molecule has 21 heavy (non-hydrogen) atoms. The minimum atomic E-state index is -0.208. The molecule has 3 heterocycles. The van der Waals surface area contributed by atoms with Crippen LogP contribution in [0.4, 0.5) is 0 Å². The van der Waals surface area contributed by atoms with E-state index in [1.807, 2.05) is 47.7 Å². The molecular weight excluding hydrogens is 266 g/mol. The molecule has 4 aromatic rings. The number of H-pyrrole nitrogens is 1. The number of aromatic amines is 1. The lowest BCUT2D eigenvalue weighted by Crippen LogP contribution is -2.14. The Balaban J connectivity index is 2.06. The van der Waals surface area contributed by atoms with Crippen LogP contribution in [0.15, 0.2) is 51.7 Å². The molecule has 104 valence electrons. The van der Waals surface area contributed by atoms with E-state index in [0.717, 1.165) is 29.1 Å². The smallest absolute Gasteiger partial charge is 0.288 e. The minimum Gasteiger partial charge on any atom is -0.454 e. The highest BCUT2D eigenvalue weighted by molar-refractivity contribution is 5.86. The van der Waals surface area contributed by atoms with E-state index in [1.165, 1.54) is 0 Å². The van der Waals surface area contributed by atoms with Crippen LogP contribution in [0.25, 0.3) is 27.9 Å². The van der Waals surface area contributed by atoms with Gasteiger partial charge < -0.3 is 4.42 Å². The molecule has 5 nitrogen and oxygen atoms in total. The van der Waals surface area contributed by atoms with Crippen LogP contribution in [0, 0.1) is 0 Å². The molecule has 0 aliphatic carbocycles. The highest BCUT2D eigenvalue weighted by atomic mass is 16.3. The van der Waals surface area contributed by atoms with Crippen molar-refractivity contribution in [1.82, 2.24) is 14.6 Å². The van der Waals surface area contributed by atoms with Gasteiger partial charge >= 0.3 is 0 Å². The molecule has 4 rings (SSSR count). The number of aryl methyl sites for hydroxylation is 1. The van der Waals surface area contributed by atoms with Gasteiger partial charge in [-0.25, -0.2) is 5.10 Å². The lowest BCUT2D eigenvalue weighted by atomic mass is 10.2. The molecule has 0 atom stereocenters. The van der Waals surface area contributed by atoms with Crippen LogP contribution in [-0.2, 0) is 6.42 Å². The summed E-state index contributed by atoms with van der Waals surface area (Å²) >= 11 is 0. The van der Waals surface area contributed by atoms with Gasteiger partial charge in [-0.15, -0.1) is 0 Å². The molecule has 5 heteroatoms. The number of aromatic nitrogens is 3. The zero-order valence-electron chi connectivity index (χ0n) is 11.5. The van der Waals surface area contributed by atoms with Crippen molar-refractivity contribution in [2.45, 2.75) is 13.3 Å². The molecule has 0 amide bonds. The van der Waals surface area contributed by atoms with E-state index in [-0.39, 0.29) is 5.56 Å². The molecule has 0 saturated heterocycles. The molecule has 0 aliphatic rings. The molecule has 0 aliphatic heterocycles. The largest absolute Gasteiger partial charge is 0.454 e. The summed E-state index contributed by atoms with van der Waals surface area (Å²) in [4.78, 5) is 11.9. The number of furan rings is 1. The van der Waals surface area contributed by atoms with Crippen LogP contribution in [0.5, 0.6) is 0 Å². The van der Waals surface area contributed by atoms with Crippen molar-refractivity contribution < 1.29 is 4.42 Å². The summed E-state index contributed by atoms with van der Waals surface area (Å²) in [5.41, 5.74) is 2.94. The fourth-order valence-electron chi connectivity index (χ4n) is 2.64. The Morgan fingerprint density at radius 2 is 2.00 bits per heavy atom. The van der Waals surface area contributed by atoms with Gasteiger partial charge in [0.25, 0.3) is 5.56 Å². The molecular formula is C16H13N3O2. The number of hydrogen-bond donors (Lipinski definition) is 1. The SMILES string of the molecule is CCc1n[nH]c(=O)c2cc3oc(-c4ccccc4)cc3n12. The van der Waals surface area contributed by atoms with E-state index in [0.29, 0.717) is 11.1 Å². The van der Waals surface area contributed by atoms with Crippen LogP contribution in [0.3, 0.4) is 0 Å². The zero-order chi connectivity index (χ0) is 14.4. The van der Waals surface area contributed by atoms with Gasteiger partial charge in [0.2, 0.25) is 0 Å². The fourth-order valence-corrected chi connectivity index (χ4v) is 2.64. The number of rotatable bonds is 2. The summed E-state index contributed by atoms with van der Waals surface area (Å²) in [6.45, 7) is 2.00. The Kier molecular flexibility index (Phi) is 2.47. The van der Waals surface area contributed by atoms with E-state index in [4.69, 9.17) is 4.42 Å². The Morgan fingerprint density at radius 1 is 1.19 bits per heavy atom. The average Bonchev–Trinajstić information content (AvgIpc) is 3.07. The van der Waals surface area contributed by atoms with Gasteiger partial charge in [-0.3, -0.25) is 9.20 Å². The van der Waals surface area contributed by atoms with Gasteiger partial charge in [0.05, 0.1) is 5.52 Å². The van der Waals surface area contributed by atoms with Crippen molar-refractivity contribution in [2.75, 3.05) is 0 Å². The van der Waals surface area contributed by atoms with E-state index in [2.05, 4.69) is 10.2 Å². The molecule has 0 saturated carbocycles. The monoisotopic (exact) mass is 279 g/mol. The first-order chi connectivity index (χ1) is 10.3. The lowest BCUT2D eigenvalue weighted by molar-refractivity contribution is 0.632. The van der Waals surface area contributed by atoms with Gasteiger partial charge in [-0.2, -0.15) is 5.10 Å². The first-order valence-corrected chi connectivity index (χ1v) is 6.86. The van der Waals surface area contributed by atoms with Gasteiger partial charge in [-0.1, -0.05) is 37.3 Å². The van der Waals surface area contributed by atoms with E-state index >= 15 is 0 Å². The molecule has 3 aromatic heterocycles. The Hall–Kier alpha value is -2.82. The molecule has 0 spiro atoms. The zero-order valence-corrected chi connectivity index (χ0v) is 11.5. The van der Waals surface area contributed by atoms with Crippen molar-refractivity contribution in [3.05, 3.63) is 58.6 Å². The highest BCUT2D eigenvalue weighted by Crippen LogP contribution is 2.29. The summed E-state index contributed by atoms with van der Waals surface area (Å²) in [6, 6.07) is 13.6. The molecule has 1 aromatic carbocycles. The van der Waals surface area contributed by atoms with Gasteiger partial charge in [0.1, 0.15) is 17.1 Å². The number of nitrogens with zero attached hydrogens (tertiary/aromatic N) is 2. The molecule has 0 fully saturated rings. The third kappa shape index (κ3) is 1.71. The van der Waals surface area contributed by atoms with Crippen molar-refractivity contribution in [2.24, 2.45) is 0 Å². The minimum absolute atomic E-state index is 0.208. The number of benzene rings is 1. The second-order valence-corrected chi connectivity index (χ2v) is 4.91. The lowest BCUT2D eigenvalue weighted by Gasteiger charge is -2.01. The van der Waals surface area contributed by atoms with Crippen molar-refractivity contribution >= 4 is 16.6 Å². The predicted octanol–water partition coefficient (Wildman–Crippen LogP) is 3.00. The standard InChI is InChI=1S/C16H13N3O2/c1-2-15-17-18-16(20)12-9-14-11(19(12)15)8-13(21-14)10-6-4-3-5-7-10/h3-9H,2H2,1H3,(H,18,20). The third-order valence-electron chi connectivity index (χ3n) is 3.64. The summed E-state index contributed by atoms with van der Waals surface area (Å²) in [7, 11) is 0. The van der Waals surface area contributed by atoms with Crippen molar-refractivity contribution in [3.63, 3.8) is 0 Å². The number of fused-ring (bicyclic) bond motifs is 3. The number of nitrogens with one attached hydrogen (secondary N) is 1. The molecule has 0 unspecified atom stereocenters. The maximum Gasteiger partial charge on any atom is 0.288 e. The summed E-state index contributed by atoms with van der Waals surface area (Å²) in [5, 5.41) is 6.64. The quantitative estimate of drug-likeness (QED) is 0.613. The fraction of sp³-hybridized carbons (Fsp3) is 0.125. The third-order valence-corrected chi connectivity index (χ3v) is 3.64. The van der Waals surface area contributed by atoms with Crippen LogP contribution in [-0.4, -0.2) is 14.6 Å². The maximum atomic E-state index is 11.9. The number of hydrogen-bond acceptors (Lipinski definition) is 3.